The topological polar surface area (TPSA) is 71.4 Å². The van der Waals surface area contributed by atoms with Crippen molar-refractivity contribution in [2.24, 2.45) is 11.8 Å². The zero-order chi connectivity index (χ0) is 8.43. The molecule has 0 aromatic rings. The van der Waals surface area contributed by atoms with Crippen LogP contribution in [0.2, 0.25) is 0 Å². The quantitative estimate of drug-likeness (QED) is 0.565. The van der Waals surface area contributed by atoms with Crippen LogP contribution in [0.5, 0.6) is 0 Å². The first-order chi connectivity index (χ1) is 5.15. The number of hydrogen-bond donors (Lipinski definition) is 1. The summed E-state index contributed by atoms with van der Waals surface area (Å²) in [6, 6.07) is 0. The van der Waals surface area contributed by atoms with Crippen LogP contribution in [-0.2, 0) is 14.4 Å². The average molecular weight is 156 g/mol. The van der Waals surface area contributed by atoms with Gasteiger partial charge in [0, 0.05) is 18.8 Å². The molecule has 0 heterocycles. The fraction of sp³-hybridized carbons (Fsp3) is 0.571. The van der Waals surface area contributed by atoms with Crippen LogP contribution in [-0.4, -0.2) is 23.1 Å². The molecule has 4 heteroatoms. The highest BCUT2D eigenvalue weighted by atomic mass is 16.4. The molecule has 1 N–H and O–H groups in total. The van der Waals surface area contributed by atoms with Gasteiger partial charge in [-0.05, 0) is 0 Å². The van der Waals surface area contributed by atoms with E-state index in [-0.39, 0.29) is 18.6 Å². The summed E-state index contributed by atoms with van der Waals surface area (Å²) in [5.74, 6) is -2.55. The molecular formula is C7H8O4. The van der Waals surface area contributed by atoms with Gasteiger partial charge in [-0.15, -0.1) is 0 Å². The number of carboxylic acids is 1. The molecule has 0 unspecified atom stereocenters. The monoisotopic (exact) mass is 156 g/mol. The number of carbonyl (C=O) groups is 3. The van der Waals surface area contributed by atoms with Crippen LogP contribution < -0.4 is 0 Å². The number of ketones is 1. The van der Waals surface area contributed by atoms with Gasteiger partial charge in [0.2, 0.25) is 0 Å². The van der Waals surface area contributed by atoms with E-state index in [1.54, 1.807) is 0 Å². The van der Waals surface area contributed by atoms with Gasteiger partial charge in [0.25, 0.3) is 0 Å². The predicted octanol–water partition coefficient (Wildman–Crippen LogP) is -0.135. The Morgan fingerprint density at radius 3 is 2.55 bits per heavy atom. The van der Waals surface area contributed by atoms with Crippen molar-refractivity contribution in [3.05, 3.63) is 0 Å². The Hall–Kier alpha value is -1.19. The van der Waals surface area contributed by atoms with E-state index in [2.05, 4.69) is 0 Å². The van der Waals surface area contributed by atoms with Crippen LogP contribution in [0.1, 0.15) is 12.8 Å². The molecule has 1 aliphatic rings. The van der Waals surface area contributed by atoms with Crippen LogP contribution in [0.15, 0.2) is 0 Å². The normalized spacial score (nSPS) is 30.4. The van der Waals surface area contributed by atoms with Gasteiger partial charge in [-0.1, -0.05) is 0 Å². The van der Waals surface area contributed by atoms with E-state index in [1.165, 1.54) is 0 Å². The summed E-state index contributed by atoms with van der Waals surface area (Å²) in [5, 5.41) is 8.52. The van der Waals surface area contributed by atoms with Crippen molar-refractivity contribution < 1.29 is 19.5 Å². The van der Waals surface area contributed by atoms with E-state index in [4.69, 9.17) is 5.11 Å². The minimum Gasteiger partial charge on any atom is -0.481 e. The maximum Gasteiger partial charge on any atom is 0.307 e. The maximum atomic E-state index is 10.7. The van der Waals surface area contributed by atoms with Gasteiger partial charge in [-0.3, -0.25) is 9.59 Å². The third-order valence-corrected chi connectivity index (χ3v) is 1.92. The number of Topliss-reactive ketones (excluding diaryl/α,β-unsaturated/α-hetero) is 1. The van der Waals surface area contributed by atoms with Crippen molar-refractivity contribution in [2.45, 2.75) is 12.8 Å². The van der Waals surface area contributed by atoms with Gasteiger partial charge in [-0.25, -0.2) is 0 Å². The third kappa shape index (κ3) is 1.45. The highest BCUT2D eigenvalue weighted by Crippen LogP contribution is 2.27. The SMILES string of the molecule is O=C[C@@H]1CC(=O)C[C@H]1C(=O)O. The average Bonchev–Trinajstić information content (AvgIpc) is 2.30. The van der Waals surface area contributed by atoms with Gasteiger partial charge in [0.15, 0.2) is 0 Å². The Balaban J connectivity index is 2.72. The van der Waals surface area contributed by atoms with Crippen molar-refractivity contribution in [3.8, 4) is 0 Å². The lowest BCUT2D eigenvalue weighted by atomic mass is 9.98. The van der Waals surface area contributed by atoms with E-state index < -0.39 is 17.8 Å². The van der Waals surface area contributed by atoms with Crippen molar-refractivity contribution in [2.75, 3.05) is 0 Å². The maximum absolute atomic E-state index is 10.7. The lowest BCUT2D eigenvalue weighted by Gasteiger charge is -2.05. The van der Waals surface area contributed by atoms with Gasteiger partial charge in [0.1, 0.15) is 12.1 Å². The Kier molecular flexibility index (Phi) is 2.03. The van der Waals surface area contributed by atoms with Gasteiger partial charge >= 0.3 is 5.97 Å². The van der Waals surface area contributed by atoms with E-state index in [1.807, 2.05) is 0 Å². The highest BCUT2D eigenvalue weighted by Gasteiger charge is 2.37. The van der Waals surface area contributed by atoms with Crippen molar-refractivity contribution in [1.29, 1.82) is 0 Å². The molecule has 1 saturated carbocycles. The zero-order valence-electron chi connectivity index (χ0n) is 5.82. The second kappa shape index (κ2) is 2.82. The first-order valence-corrected chi connectivity index (χ1v) is 3.35. The molecule has 1 fully saturated rings. The predicted molar refractivity (Wildman–Crippen MR) is 34.9 cm³/mol. The molecule has 0 saturated heterocycles. The molecule has 1 aliphatic carbocycles. The fourth-order valence-electron chi connectivity index (χ4n) is 1.30. The molecule has 11 heavy (non-hydrogen) atoms. The van der Waals surface area contributed by atoms with Gasteiger partial charge in [-0.2, -0.15) is 0 Å². The molecule has 0 aromatic carbocycles. The van der Waals surface area contributed by atoms with E-state index in [9.17, 15) is 14.4 Å². The summed E-state index contributed by atoms with van der Waals surface area (Å²) in [4.78, 5) is 31.4. The number of hydrogen-bond acceptors (Lipinski definition) is 3. The summed E-state index contributed by atoms with van der Waals surface area (Å²) >= 11 is 0. The second-order valence-electron chi connectivity index (χ2n) is 2.69. The Morgan fingerprint density at radius 2 is 2.18 bits per heavy atom. The van der Waals surface area contributed by atoms with Crippen molar-refractivity contribution in [3.63, 3.8) is 0 Å². The molecule has 0 radical (unpaired) electrons. The lowest BCUT2D eigenvalue weighted by Crippen LogP contribution is -2.18. The zero-order valence-corrected chi connectivity index (χ0v) is 5.82. The van der Waals surface area contributed by atoms with E-state index in [0.717, 1.165) is 0 Å². The second-order valence-corrected chi connectivity index (χ2v) is 2.69. The van der Waals surface area contributed by atoms with E-state index >= 15 is 0 Å². The number of aliphatic carboxylic acids is 1. The van der Waals surface area contributed by atoms with Crippen LogP contribution >= 0.6 is 0 Å². The molecule has 0 spiro atoms. The molecule has 0 aromatic heterocycles. The Labute approximate surface area is 63.2 Å². The Morgan fingerprint density at radius 1 is 1.55 bits per heavy atom. The summed E-state index contributed by atoms with van der Waals surface area (Å²) in [5.41, 5.74) is 0. The first-order valence-electron chi connectivity index (χ1n) is 3.35. The number of aldehydes is 1. The first kappa shape index (κ1) is 7.91. The summed E-state index contributed by atoms with van der Waals surface area (Å²) in [6.45, 7) is 0. The smallest absolute Gasteiger partial charge is 0.307 e. The highest BCUT2D eigenvalue weighted by molar-refractivity contribution is 5.91. The molecule has 0 amide bonds. The van der Waals surface area contributed by atoms with Gasteiger partial charge in [0.05, 0.1) is 5.92 Å². The van der Waals surface area contributed by atoms with Crippen molar-refractivity contribution >= 4 is 18.0 Å². The fourth-order valence-corrected chi connectivity index (χ4v) is 1.30. The summed E-state index contributed by atoms with van der Waals surface area (Å²) in [6.07, 6.45) is 0.670. The standard InChI is InChI=1S/C7H8O4/c8-3-4-1-5(9)2-6(4)7(10)11/h3-4,6H,1-2H2,(H,10,11)/t4-,6+/m0/s1. The third-order valence-electron chi connectivity index (χ3n) is 1.92. The lowest BCUT2D eigenvalue weighted by molar-refractivity contribution is -0.144. The molecule has 2 atom stereocenters. The molecule has 4 nitrogen and oxygen atoms in total. The van der Waals surface area contributed by atoms with E-state index in [0.29, 0.717) is 6.29 Å². The van der Waals surface area contributed by atoms with Crippen LogP contribution in [0.3, 0.4) is 0 Å². The number of carboxylic acid groups (broad SMARTS) is 1. The summed E-state index contributed by atoms with van der Waals surface area (Å²) < 4.78 is 0. The molecule has 0 bridgehead atoms. The molecule has 1 rings (SSSR count). The Bertz CT molecular complexity index is 208. The van der Waals surface area contributed by atoms with Crippen LogP contribution in [0, 0.1) is 11.8 Å². The van der Waals surface area contributed by atoms with Crippen LogP contribution in [0.25, 0.3) is 0 Å². The molecule has 0 aliphatic heterocycles. The van der Waals surface area contributed by atoms with Crippen molar-refractivity contribution in [1.82, 2.24) is 0 Å². The summed E-state index contributed by atoms with van der Waals surface area (Å²) in [7, 11) is 0. The largest absolute Gasteiger partial charge is 0.481 e. The number of rotatable bonds is 2. The number of carbonyl (C=O) groups excluding carboxylic acids is 2. The molecular weight excluding hydrogens is 148 g/mol. The minimum absolute atomic E-state index is 0.0126. The van der Waals surface area contributed by atoms with Crippen LogP contribution in [0.4, 0.5) is 0 Å². The minimum atomic E-state index is -1.05. The van der Waals surface area contributed by atoms with Gasteiger partial charge < -0.3 is 9.90 Å². The molecule has 60 valence electrons.